The average Bonchev–Trinajstić information content (AvgIpc) is 3.09. The third-order valence-electron chi connectivity index (χ3n) is 4.46. The topological polar surface area (TPSA) is 60.4 Å². The summed E-state index contributed by atoms with van der Waals surface area (Å²) in [5.41, 5.74) is 1.97. The SMILES string of the molecule is CCCSC1=N/C(=C\c2ccc(OCC)c(OC)c2)C(=O)N1c1ccc(OCC)cc1. The molecule has 1 heterocycles. The zero-order valence-corrected chi connectivity index (χ0v) is 19.2. The van der Waals surface area contributed by atoms with E-state index >= 15 is 0 Å². The Hall–Kier alpha value is -2.93. The molecule has 0 bridgehead atoms. The fraction of sp³-hybridized carbons (Fsp3) is 0.333. The lowest BCUT2D eigenvalue weighted by Gasteiger charge is -2.18. The van der Waals surface area contributed by atoms with Crippen LogP contribution in [0.3, 0.4) is 0 Å². The molecule has 1 aliphatic heterocycles. The molecule has 0 atom stereocenters. The molecule has 6 nitrogen and oxygen atoms in total. The highest BCUT2D eigenvalue weighted by Gasteiger charge is 2.31. The quantitative estimate of drug-likeness (QED) is 0.490. The molecule has 164 valence electrons. The van der Waals surface area contributed by atoms with Gasteiger partial charge < -0.3 is 14.2 Å². The number of carbonyl (C=O) groups excluding carboxylic acids is 1. The Morgan fingerprint density at radius 2 is 1.74 bits per heavy atom. The van der Waals surface area contributed by atoms with Gasteiger partial charge in [-0.15, -0.1) is 0 Å². The molecule has 3 rings (SSSR count). The van der Waals surface area contributed by atoms with Gasteiger partial charge in [0.25, 0.3) is 5.91 Å². The van der Waals surface area contributed by atoms with E-state index in [0.717, 1.165) is 29.2 Å². The Morgan fingerprint density at radius 3 is 2.39 bits per heavy atom. The Bertz CT molecular complexity index is 970. The van der Waals surface area contributed by atoms with Gasteiger partial charge in [0.05, 0.1) is 26.0 Å². The summed E-state index contributed by atoms with van der Waals surface area (Å²) in [4.78, 5) is 19.6. The van der Waals surface area contributed by atoms with Crippen LogP contribution in [-0.2, 0) is 4.79 Å². The van der Waals surface area contributed by atoms with Crippen LogP contribution >= 0.6 is 11.8 Å². The van der Waals surface area contributed by atoms with E-state index in [2.05, 4.69) is 11.9 Å². The van der Waals surface area contributed by atoms with Crippen LogP contribution in [0.2, 0.25) is 0 Å². The predicted octanol–water partition coefficient (Wildman–Crippen LogP) is 5.38. The summed E-state index contributed by atoms with van der Waals surface area (Å²) in [6, 6.07) is 13.1. The summed E-state index contributed by atoms with van der Waals surface area (Å²) >= 11 is 1.57. The van der Waals surface area contributed by atoms with E-state index in [1.54, 1.807) is 29.8 Å². The number of aliphatic imine (C=N–C) groups is 1. The number of nitrogens with zero attached hydrogens (tertiary/aromatic N) is 2. The summed E-state index contributed by atoms with van der Waals surface area (Å²) in [7, 11) is 1.60. The third-order valence-corrected chi connectivity index (χ3v) is 5.61. The summed E-state index contributed by atoms with van der Waals surface area (Å²) in [6.45, 7) is 7.12. The molecule has 1 amide bonds. The zero-order chi connectivity index (χ0) is 22.2. The highest BCUT2D eigenvalue weighted by Crippen LogP contribution is 2.33. The molecule has 0 saturated carbocycles. The van der Waals surface area contributed by atoms with E-state index in [9.17, 15) is 4.79 Å². The molecular formula is C24H28N2O4S. The van der Waals surface area contributed by atoms with Crippen molar-refractivity contribution in [2.75, 3.05) is 31.0 Å². The maximum atomic E-state index is 13.3. The highest BCUT2D eigenvalue weighted by molar-refractivity contribution is 8.14. The predicted molar refractivity (Wildman–Crippen MR) is 127 cm³/mol. The van der Waals surface area contributed by atoms with E-state index in [1.807, 2.05) is 56.3 Å². The van der Waals surface area contributed by atoms with E-state index < -0.39 is 0 Å². The highest BCUT2D eigenvalue weighted by atomic mass is 32.2. The lowest BCUT2D eigenvalue weighted by molar-refractivity contribution is -0.113. The zero-order valence-electron chi connectivity index (χ0n) is 18.4. The third kappa shape index (κ3) is 5.41. The van der Waals surface area contributed by atoms with Crippen LogP contribution in [0.1, 0.15) is 32.8 Å². The first-order valence-corrected chi connectivity index (χ1v) is 11.4. The molecular weight excluding hydrogens is 412 g/mol. The van der Waals surface area contributed by atoms with Crippen molar-refractivity contribution in [3.8, 4) is 17.2 Å². The number of amidine groups is 1. The Labute approximate surface area is 187 Å². The summed E-state index contributed by atoms with van der Waals surface area (Å²) < 4.78 is 16.5. The second-order valence-electron chi connectivity index (χ2n) is 6.68. The maximum Gasteiger partial charge on any atom is 0.283 e. The molecule has 0 fully saturated rings. The van der Waals surface area contributed by atoms with Crippen LogP contribution in [0.5, 0.6) is 17.2 Å². The van der Waals surface area contributed by atoms with Gasteiger partial charge in [0.2, 0.25) is 0 Å². The maximum absolute atomic E-state index is 13.3. The minimum absolute atomic E-state index is 0.157. The van der Waals surface area contributed by atoms with Gasteiger partial charge in [-0.25, -0.2) is 4.99 Å². The van der Waals surface area contributed by atoms with Gasteiger partial charge in [-0.2, -0.15) is 0 Å². The van der Waals surface area contributed by atoms with E-state index in [4.69, 9.17) is 14.2 Å². The summed E-state index contributed by atoms with van der Waals surface area (Å²) in [5.74, 6) is 2.78. The van der Waals surface area contributed by atoms with Crippen molar-refractivity contribution in [2.24, 2.45) is 4.99 Å². The van der Waals surface area contributed by atoms with Crippen molar-refractivity contribution in [2.45, 2.75) is 27.2 Å². The number of hydrogen-bond donors (Lipinski definition) is 0. The van der Waals surface area contributed by atoms with Crippen molar-refractivity contribution >= 4 is 34.6 Å². The molecule has 0 aliphatic carbocycles. The second-order valence-corrected chi connectivity index (χ2v) is 7.75. The van der Waals surface area contributed by atoms with E-state index in [-0.39, 0.29) is 5.91 Å². The van der Waals surface area contributed by atoms with Gasteiger partial charge in [-0.05, 0) is 68.3 Å². The average molecular weight is 441 g/mol. The number of ether oxygens (including phenoxy) is 3. The van der Waals surface area contributed by atoms with Gasteiger partial charge in [0.15, 0.2) is 16.7 Å². The number of anilines is 1. The molecule has 0 aromatic heterocycles. The minimum atomic E-state index is -0.157. The number of carbonyl (C=O) groups is 1. The van der Waals surface area contributed by atoms with Crippen LogP contribution in [0, 0.1) is 0 Å². The van der Waals surface area contributed by atoms with Crippen LogP contribution in [0.25, 0.3) is 6.08 Å². The van der Waals surface area contributed by atoms with Gasteiger partial charge in [0.1, 0.15) is 11.4 Å². The van der Waals surface area contributed by atoms with Gasteiger partial charge >= 0.3 is 0 Å². The van der Waals surface area contributed by atoms with Crippen molar-refractivity contribution in [3.05, 3.63) is 53.7 Å². The second kappa shape index (κ2) is 10.9. The smallest absolute Gasteiger partial charge is 0.283 e. The fourth-order valence-corrected chi connectivity index (χ4v) is 3.95. The molecule has 1 aliphatic rings. The molecule has 0 N–H and O–H groups in total. The Kier molecular flexibility index (Phi) is 8.00. The number of thioether (sulfide) groups is 1. The number of rotatable bonds is 9. The molecule has 7 heteroatoms. The van der Waals surface area contributed by atoms with Gasteiger partial charge in [0, 0.05) is 5.75 Å². The van der Waals surface area contributed by atoms with Crippen LogP contribution in [-0.4, -0.2) is 37.2 Å². The Balaban J connectivity index is 1.92. The monoisotopic (exact) mass is 440 g/mol. The van der Waals surface area contributed by atoms with Crippen molar-refractivity contribution < 1.29 is 19.0 Å². The molecule has 0 spiro atoms. The molecule has 2 aromatic rings. The molecule has 2 aromatic carbocycles. The largest absolute Gasteiger partial charge is 0.494 e. The Morgan fingerprint density at radius 1 is 1.00 bits per heavy atom. The first kappa shape index (κ1) is 22.7. The van der Waals surface area contributed by atoms with Crippen molar-refractivity contribution in [1.82, 2.24) is 0 Å². The molecule has 0 unspecified atom stereocenters. The number of hydrogen-bond acceptors (Lipinski definition) is 6. The van der Waals surface area contributed by atoms with Crippen molar-refractivity contribution in [1.29, 1.82) is 0 Å². The number of methoxy groups -OCH3 is 1. The van der Waals surface area contributed by atoms with E-state index in [1.165, 1.54) is 0 Å². The first-order valence-electron chi connectivity index (χ1n) is 10.4. The lowest BCUT2D eigenvalue weighted by Crippen LogP contribution is -2.30. The number of amides is 1. The standard InChI is InChI=1S/C24H28N2O4S/c1-5-14-31-24-25-20(15-17-8-13-21(30-7-3)22(16-17)28-4)23(27)26(24)18-9-11-19(12-10-18)29-6-2/h8-13,15-16H,5-7,14H2,1-4H3/b20-15-. The first-order chi connectivity index (χ1) is 15.1. The van der Waals surface area contributed by atoms with Gasteiger partial charge in [-0.3, -0.25) is 9.69 Å². The van der Waals surface area contributed by atoms with Crippen LogP contribution in [0.15, 0.2) is 53.2 Å². The van der Waals surface area contributed by atoms with Crippen LogP contribution < -0.4 is 19.1 Å². The fourth-order valence-electron chi connectivity index (χ4n) is 3.08. The normalized spacial score (nSPS) is 14.7. The van der Waals surface area contributed by atoms with E-state index in [0.29, 0.717) is 35.6 Å². The summed E-state index contributed by atoms with van der Waals surface area (Å²) in [6.07, 6.45) is 2.77. The molecule has 31 heavy (non-hydrogen) atoms. The van der Waals surface area contributed by atoms with Crippen LogP contribution in [0.4, 0.5) is 5.69 Å². The molecule has 0 saturated heterocycles. The summed E-state index contributed by atoms with van der Waals surface area (Å²) in [5, 5.41) is 0.681. The number of benzene rings is 2. The van der Waals surface area contributed by atoms with Gasteiger partial charge in [-0.1, -0.05) is 24.8 Å². The molecule has 0 radical (unpaired) electrons. The van der Waals surface area contributed by atoms with Crippen molar-refractivity contribution in [3.63, 3.8) is 0 Å². The lowest BCUT2D eigenvalue weighted by atomic mass is 10.1. The minimum Gasteiger partial charge on any atom is -0.494 e.